The van der Waals surface area contributed by atoms with E-state index >= 15 is 0 Å². The molecule has 1 unspecified atom stereocenters. The van der Waals surface area contributed by atoms with Gasteiger partial charge in [-0.05, 0) is 42.9 Å². The molecule has 0 bridgehead atoms. The van der Waals surface area contributed by atoms with E-state index in [0.717, 1.165) is 40.7 Å². The molecule has 1 aromatic carbocycles. The molecule has 28 heavy (non-hydrogen) atoms. The first-order valence-electron chi connectivity index (χ1n) is 9.90. The number of carbonyl (C=O) groups excluding carboxylic acids is 2. The maximum atomic E-state index is 13.2. The summed E-state index contributed by atoms with van der Waals surface area (Å²) >= 11 is 3.52. The Bertz CT molecular complexity index is 866. The second kappa shape index (κ2) is 8.24. The van der Waals surface area contributed by atoms with Crippen molar-refractivity contribution in [1.82, 2.24) is 5.32 Å². The van der Waals surface area contributed by atoms with Gasteiger partial charge in [-0.3, -0.25) is 4.79 Å². The van der Waals surface area contributed by atoms with Gasteiger partial charge in [-0.25, -0.2) is 4.79 Å². The molecule has 1 aliphatic heterocycles. The van der Waals surface area contributed by atoms with Crippen LogP contribution in [0.2, 0.25) is 0 Å². The van der Waals surface area contributed by atoms with Crippen LogP contribution in [0, 0.1) is 5.41 Å². The molecule has 150 valence electrons. The number of rotatable bonds is 5. The molecule has 0 radical (unpaired) electrons. The van der Waals surface area contributed by atoms with Crippen molar-refractivity contribution in [2.75, 3.05) is 6.61 Å². The van der Waals surface area contributed by atoms with E-state index in [9.17, 15) is 9.59 Å². The molecule has 5 heteroatoms. The van der Waals surface area contributed by atoms with Crippen molar-refractivity contribution in [2.24, 2.45) is 5.41 Å². The molecule has 1 aliphatic carbocycles. The molecule has 4 nitrogen and oxygen atoms in total. The highest BCUT2D eigenvalue weighted by Gasteiger charge is 2.43. The summed E-state index contributed by atoms with van der Waals surface area (Å²) in [6, 6.07) is 7.85. The zero-order valence-electron chi connectivity index (χ0n) is 17.0. The van der Waals surface area contributed by atoms with Crippen LogP contribution in [0.5, 0.6) is 0 Å². The van der Waals surface area contributed by atoms with Crippen molar-refractivity contribution >= 4 is 27.7 Å². The van der Waals surface area contributed by atoms with Gasteiger partial charge in [0.2, 0.25) is 0 Å². The van der Waals surface area contributed by atoms with Crippen molar-refractivity contribution in [1.29, 1.82) is 0 Å². The van der Waals surface area contributed by atoms with Crippen molar-refractivity contribution in [3.8, 4) is 0 Å². The van der Waals surface area contributed by atoms with Crippen molar-refractivity contribution < 1.29 is 14.3 Å². The summed E-state index contributed by atoms with van der Waals surface area (Å²) in [5, 5.41) is 3.37. The zero-order chi connectivity index (χ0) is 20.5. The zero-order valence-corrected chi connectivity index (χ0v) is 18.6. The van der Waals surface area contributed by atoms with Crippen molar-refractivity contribution in [2.45, 2.75) is 59.3 Å². The number of benzene rings is 1. The molecule has 0 aromatic heterocycles. The monoisotopic (exact) mass is 445 g/mol. The van der Waals surface area contributed by atoms with E-state index in [1.54, 1.807) is 0 Å². The van der Waals surface area contributed by atoms with Gasteiger partial charge < -0.3 is 10.1 Å². The second-order valence-corrected chi connectivity index (χ2v) is 9.39. The highest BCUT2D eigenvalue weighted by molar-refractivity contribution is 9.10. The fourth-order valence-corrected chi connectivity index (χ4v) is 4.53. The number of ketones is 1. The number of hydrogen-bond acceptors (Lipinski definition) is 4. The number of carbonyl (C=O) groups is 2. The molecule has 0 spiro atoms. The molecular formula is C23H28BrNO3. The van der Waals surface area contributed by atoms with Crippen LogP contribution in [0.3, 0.4) is 0 Å². The number of unbranched alkanes of at least 4 members (excludes halogenated alkanes) is 1. The predicted molar refractivity (Wildman–Crippen MR) is 114 cm³/mol. The van der Waals surface area contributed by atoms with Crippen LogP contribution < -0.4 is 5.32 Å². The number of ether oxygens (including phenoxy) is 1. The predicted octanol–water partition coefficient (Wildman–Crippen LogP) is 5.40. The number of halogens is 1. The number of dihydropyridines is 1. The summed E-state index contributed by atoms with van der Waals surface area (Å²) < 4.78 is 6.47. The average molecular weight is 446 g/mol. The Labute approximate surface area is 175 Å². The Morgan fingerprint density at radius 1 is 1.32 bits per heavy atom. The van der Waals surface area contributed by atoms with Gasteiger partial charge >= 0.3 is 5.97 Å². The van der Waals surface area contributed by atoms with E-state index in [1.165, 1.54) is 0 Å². The van der Waals surface area contributed by atoms with Gasteiger partial charge in [-0.2, -0.15) is 0 Å². The maximum absolute atomic E-state index is 13.2. The molecule has 0 amide bonds. The third-order valence-electron chi connectivity index (χ3n) is 5.37. The summed E-state index contributed by atoms with van der Waals surface area (Å²) in [7, 11) is 0. The first kappa shape index (κ1) is 20.8. The second-order valence-electron chi connectivity index (χ2n) is 8.47. The lowest BCUT2D eigenvalue weighted by Crippen LogP contribution is -2.38. The Balaban J connectivity index is 2.09. The molecular weight excluding hydrogens is 418 g/mol. The lowest BCUT2D eigenvalue weighted by molar-refractivity contribution is -0.139. The average Bonchev–Trinajstić information content (AvgIpc) is 2.59. The molecule has 0 saturated carbocycles. The van der Waals surface area contributed by atoms with Gasteiger partial charge in [-0.15, -0.1) is 0 Å². The van der Waals surface area contributed by atoms with E-state index in [0.29, 0.717) is 24.2 Å². The molecule has 2 aliphatic rings. The summed E-state index contributed by atoms with van der Waals surface area (Å²) in [6.07, 6.45) is 3.05. The van der Waals surface area contributed by atoms with Crippen LogP contribution in [-0.4, -0.2) is 18.4 Å². The Morgan fingerprint density at radius 2 is 2.07 bits per heavy atom. The lowest BCUT2D eigenvalue weighted by Gasteiger charge is -2.39. The molecule has 3 rings (SSSR count). The molecule has 0 saturated heterocycles. The number of Topliss-reactive ketones (excluding diaryl/α,β-unsaturated/α-hetero) is 1. The summed E-state index contributed by atoms with van der Waals surface area (Å²) in [5.74, 6) is -0.630. The van der Waals surface area contributed by atoms with E-state index in [-0.39, 0.29) is 17.2 Å². The number of hydrogen-bond donors (Lipinski definition) is 1. The number of nitrogens with one attached hydrogen (secondary N) is 1. The van der Waals surface area contributed by atoms with Crippen LogP contribution >= 0.6 is 15.9 Å². The third kappa shape index (κ3) is 4.24. The highest BCUT2D eigenvalue weighted by atomic mass is 79.9. The largest absolute Gasteiger partial charge is 0.462 e. The quantitative estimate of drug-likeness (QED) is 0.486. The van der Waals surface area contributed by atoms with Gasteiger partial charge in [-0.1, -0.05) is 55.3 Å². The molecule has 1 N–H and O–H groups in total. The minimum atomic E-state index is -0.397. The molecule has 0 fully saturated rings. The van der Waals surface area contributed by atoms with E-state index in [2.05, 4.69) is 42.0 Å². The fraction of sp³-hybridized carbons (Fsp3) is 0.478. The minimum Gasteiger partial charge on any atom is -0.462 e. The van der Waals surface area contributed by atoms with Gasteiger partial charge in [0.15, 0.2) is 5.78 Å². The van der Waals surface area contributed by atoms with Crippen LogP contribution in [0.25, 0.3) is 0 Å². The Kier molecular flexibility index (Phi) is 6.13. The first-order chi connectivity index (χ1) is 13.2. The smallest absolute Gasteiger partial charge is 0.336 e. The van der Waals surface area contributed by atoms with Crippen LogP contribution in [0.4, 0.5) is 0 Å². The lowest BCUT2D eigenvalue weighted by atomic mass is 9.68. The molecule has 1 atom stereocenters. The topological polar surface area (TPSA) is 55.4 Å². The van der Waals surface area contributed by atoms with Crippen LogP contribution in [-0.2, 0) is 14.3 Å². The SMILES string of the molecule is CCCCOC(=O)C1=C(C)NC2=C(C(=O)CC(C)(C)C2)C1c1cccc(Br)c1. The van der Waals surface area contributed by atoms with Crippen molar-refractivity contribution in [3.63, 3.8) is 0 Å². The Morgan fingerprint density at radius 3 is 2.75 bits per heavy atom. The van der Waals surface area contributed by atoms with Crippen LogP contribution in [0.1, 0.15) is 64.9 Å². The van der Waals surface area contributed by atoms with E-state index in [4.69, 9.17) is 4.74 Å². The van der Waals surface area contributed by atoms with Crippen molar-refractivity contribution in [3.05, 3.63) is 56.8 Å². The van der Waals surface area contributed by atoms with Crippen LogP contribution in [0.15, 0.2) is 51.3 Å². The third-order valence-corrected chi connectivity index (χ3v) is 5.87. The minimum absolute atomic E-state index is 0.0931. The highest BCUT2D eigenvalue weighted by Crippen LogP contribution is 2.47. The first-order valence-corrected chi connectivity index (χ1v) is 10.7. The fourth-order valence-electron chi connectivity index (χ4n) is 4.11. The normalized spacial score (nSPS) is 21.3. The number of allylic oxidation sites excluding steroid dienone is 3. The van der Waals surface area contributed by atoms with Gasteiger partial charge in [0.05, 0.1) is 12.2 Å². The van der Waals surface area contributed by atoms with Gasteiger partial charge in [0.25, 0.3) is 0 Å². The number of esters is 1. The summed E-state index contributed by atoms with van der Waals surface area (Å²) in [5.41, 5.74) is 3.80. The standard InChI is InChI=1S/C23H28BrNO3/c1-5-6-10-28-22(27)19-14(2)25-17-12-23(3,4)13-18(26)21(17)20(19)15-8-7-9-16(24)11-15/h7-9,11,20,25H,5-6,10,12-13H2,1-4H3. The maximum Gasteiger partial charge on any atom is 0.336 e. The van der Waals surface area contributed by atoms with E-state index in [1.807, 2.05) is 31.2 Å². The molecule has 1 aromatic rings. The van der Waals surface area contributed by atoms with Gasteiger partial charge in [0.1, 0.15) is 0 Å². The van der Waals surface area contributed by atoms with E-state index < -0.39 is 5.92 Å². The Hall–Kier alpha value is -1.88. The van der Waals surface area contributed by atoms with Gasteiger partial charge in [0, 0.05) is 33.8 Å². The summed E-state index contributed by atoms with van der Waals surface area (Å²) in [4.78, 5) is 26.2. The molecule has 1 heterocycles. The summed E-state index contributed by atoms with van der Waals surface area (Å²) in [6.45, 7) is 8.57.